The Morgan fingerprint density at radius 2 is 1.86 bits per heavy atom. The fraction of sp³-hybridized carbons (Fsp3) is 0.188. The molecule has 2 aromatic carbocycles. The molecule has 0 atom stereocenters. The highest BCUT2D eigenvalue weighted by Gasteiger charge is 2.11. The molecule has 0 aliphatic carbocycles. The number of hydrogen-bond donors (Lipinski definition) is 1. The quantitative estimate of drug-likeness (QED) is 0.923. The van der Waals surface area contributed by atoms with Crippen molar-refractivity contribution in [2.75, 3.05) is 13.7 Å². The first kappa shape index (κ1) is 15.2. The van der Waals surface area contributed by atoms with E-state index in [1.807, 2.05) is 12.1 Å². The topological polar surface area (TPSA) is 49.8 Å². The van der Waals surface area contributed by atoms with Gasteiger partial charge in [-0.1, -0.05) is 35.9 Å². The lowest BCUT2D eigenvalue weighted by Crippen LogP contribution is -2.30. The molecule has 4 nitrogen and oxygen atoms in total. The molecule has 0 saturated heterocycles. The van der Waals surface area contributed by atoms with Crippen molar-refractivity contribution >= 4 is 17.5 Å². The number of carbonyl (C=O) groups is 1. The van der Waals surface area contributed by atoms with Crippen molar-refractivity contribution in [1.82, 2.24) is 4.90 Å². The average molecular weight is 306 g/mol. The molecule has 0 saturated carbocycles. The van der Waals surface area contributed by atoms with Crippen LogP contribution < -0.4 is 4.74 Å². The van der Waals surface area contributed by atoms with Gasteiger partial charge in [-0.2, -0.15) is 0 Å². The number of para-hydroxylation sites is 2. The van der Waals surface area contributed by atoms with Gasteiger partial charge in [0.15, 0.2) is 18.1 Å². The third kappa shape index (κ3) is 4.39. The van der Waals surface area contributed by atoms with E-state index < -0.39 is 0 Å². The van der Waals surface area contributed by atoms with Crippen molar-refractivity contribution in [2.24, 2.45) is 0 Å². The van der Waals surface area contributed by atoms with Crippen molar-refractivity contribution in [3.05, 3.63) is 59.1 Å². The second-order valence-corrected chi connectivity index (χ2v) is 5.07. The number of amides is 1. The number of carbonyl (C=O) groups excluding carboxylic acids is 1. The van der Waals surface area contributed by atoms with E-state index in [4.69, 9.17) is 16.3 Å². The van der Waals surface area contributed by atoms with Crippen LogP contribution in [0.1, 0.15) is 5.56 Å². The van der Waals surface area contributed by atoms with Gasteiger partial charge in [0.25, 0.3) is 5.91 Å². The molecular weight excluding hydrogens is 290 g/mol. The number of phenolic OH excluding ortho intramolecular Hbond substituents is 1. The molecular formula is C16H16ClNO3. The maximum Gasteiger partial charge on any atom is 0.260 e. The molecule has 2 aromatic rings. The Morgan fingerprint density at radius 3 is 2.52 bits per heavy atom. The minimum absolute atomic E-state index is 0.0191. The van der Waals surface area contributed by atoms with Crippen molar-refractivity contribution in [3.63, 3.8) is 0 Å². The molecule has 0 bridgehead atoms. The number of aromatic hydroxyl groups is 1. The van der Waals surface area contributed by atoms with Crippen LogP contribution in [0, 0.1) is 0 Å². The summed E-state index contributed by atoms with van der Waals surface area (Å²) >= 11 is 5.82. The van der Waals surface area contributed by atoms with Crippen LogP contribution in [0.4, 0.5) is 0 Å². The van der Waals surface area contributed by atoms with Gasteiger partial charge in [0.1, 0.15) is 0 Å². The van der Waals surface area contributed by atoms with Crippen LogP contribution in [-0.2, 0) is 11.3 Å². The molecule has 21 heavy (non-hydrogen) atoms. The fourth-order valence-electron chi connectivity index (χ4n) is 1.78. The summed E-state index contributed by atoms with van der Waals surface area (Å²) in [5, 5.41) is 10.2. The van der Waals surface area contributed by atoms with E-state index in [1.165, 1.54) is 6.07 Å². The van der Waals surface area contributed by atoms with E-state index in [2.05, 4.69) is 0 Å². The summed E-state index contributed by atoms with van der Waals surface area (Å²) in [4.78, 5) is 13.6. The molecule has 0 unspecified atom stereocenters. The predicted molar refractivity (Wildman–Crippen MR) is 81.5 cm³/mol. The highest BCUT2D eigenvalue weighted by molar-refractivity contribution is 6.30. The summed E-state index contributed by atoms with van der Waals surface area (Å²) < 4.78 is 5.31. The first-order chi connectivity index (χ1) is 10.1. The minimum Gasteiger partial charge on any atom is -0.504 e. The monoisotopic (exact) mass is 305 g/mol. The van der Waals surface area contributed by atoms with E-state index >= 15 is 0 Å². The van der Waals surface area contributed by atoms with Crippen LogP contribution >= 0.6 is 11.6 Å². The fourth-order valence-corrected chi connectivity index (χ4v) is 1.91. The molecule has 0 fully saturated rings. The van der Waals surface area contributed by atoms with Crippen LogP contribution in [0.15, 0.2) is 48.5 Å². The normalized spacial score (nSPS) is 10.2. The average Bonchev–Trinajstić information content (AvgIpc) is 2.48. The van der Waals surface area contributed by atoms with E-state index in [9.17, 15) is 9.90 Å². The summed E-state index contributed by atoms with van der Waals surface area (Å²) in [7, 11) is 1.70. The number of ether oxygens (including phenoxy) is 1. The van der Waals surface area contributed by atoms with Gasteiger partial charge in [-0.3, -0.25) is 4.79 Å². The van der Waals surface area contributed by atoms with Gasteiger partial charge in [0.2, 0.25) is 0 Å². The van der Waals surface area contributed by atoms with E-state index in [1.54, 1.807) is 42.3 Å². The SMILES string of the molecule is CN(Cc1ccc(Cl)cc1)C(=O)COc1ccccc1O. The van der Waals surface area contributed by atoms with Crippen LogP contribution in [0.3, 0.4) is 0 Å². The molecule has 0 spiro atoms. The van der Waals surface area contributed by atoms with Gasteiger partial charge < -0.3 is 14.7 Å². The molecule has 0 heterocycles. The molecule has 0 aliphatic heterocycles. The molecule has 110 valence electrons. The zero-order valence-corrected chi connectivity index (χ0v) is 12.4. The molecule has 0 radical (unpaired) electrons. The maximum absolute atomic E-state index is 12.0. The largest absolute Gasteiger partial charge is 0.504 e. The Morgan fingerprint density at radius 1 is 1.19 bits per heavy atom. The van der Waals surface area contributed by atoms with E-state index in [0.717, 1.165) is 5.56 Å². The zero-order valence-electron chi connectivity index (χ0n) is 11.6. The number of phenols is 1. The Bertz CT molecular complexity index is 613. The maximum atomic E-state index is 12.0. The Kier molecular flexibility index (Phi) is 5.06. The van der Waals surface area contributed by atoms with Crippen molar-refractivity contribution in [3.8, 4) is 11.5 Å². The molecule has 2 rings (SSSR count). The number of benzene rings is 2. The molecule has 1 N–H and O–H groups in total. The van der Waals surface area contributed by atoms with Gasteiger partial charge in [0, 0.05) is 18.6 Å². The number of likely N-dealkylation sites (N-methyl/N-ethyl adjacent to an activating group) is 1. The van der Waals surface area contributed by atoms with Crippen molar-refractivity contribution in [1.29, 1.82) is 0 Å². The zero-order chi connectivity index (χ0) is 15.2. The van der Waals surface area contributed by atoms with Crippen LogP contribution in [0.5, 0.6) is 11.5 Å². The van der Waals surface area contributed by atoms with Crippen LogP contribution in [-0.4, -0.2) is 29.6 Å². The lowest BCUT2D eigenvalue weighted by Gasteiger charge is -2.17. The number of halogens is 1. The van der Waals surface area contributed by atoms with Crippen molar-refractivity contribution in [2.45, 2.75) is 6.54 Å². The number of nitrogens with zero attached hydrogens (tertiary/aromatic N) is 1. The van der Waals surface area contributed by atoms with E-state index in [-0.39, 0.29) is 18.3 Å². The van der Waals surface area contributed by atoms with Gasteiger partial charge in [-0.05, 0) is 29.8 Å². The summed E-state index contributed by atoms with van der Waals surface area (Å²) in [6, 6.07) is 13.9. The van der Waals surface area contributed by atoms with Gasteiger partial charge in [0.05, 0.1) is 0 Å². The molecule has 0 aromatic heterocycles. The number of rotatable bonds is 5. The minimum atomic E-state index is -0.173. The first-order valence-electron chi connectivity index (χ1n) is 6.45. The smallest absolute Gasteiger partial charge is 0.260 e. The standard InChI is InChI=1S/C16H16ClNO3/c1-18(10-12-6-8-13(17)9-7-12)16(20)11-21-15-5-3-2-4-14(15)19/h2-9,19H,10-11H2,1H3. The molecule has 1 amide bonds. The second kappa shape index (κ2) is 6.99. The molecule has 0 aliphatic rings. The van der Waals surface area contributed by atoms with Gasteiger partial charge >= 0.3 is 0 Å². The lowest BCUT2D eigenvalue weighted by atomic mass is 10.2. The first-order valence-corrected chi connectivity index (χ1v) is 6.83. The summed E-state index contributed by atoms with van der Waals surface area (Å²) in [5.74, 6) is 0.143. The van der Waals surface area contributed by atoms with Gasteiger partial charge in [-0.15, -0.1) is 0 Å². The molecule has 5 heteroatoms. The predicted octanol–water partition coefficient (Wildman–Crippen LogP) is 3.08. The number of hydrogen-bond acceptors (Lipinski definition) is 3. The highest BCUT2D eigenvalue weighted by Crippen LogP contribution is 2.24. The second-order valence-electron chi connectivity index (χ2n) is 4.63. The summed E-state index contributed by atoms with van der Waals surface area (Å²) in [6.45, 7) is 0.349. The Balaban J connectivity index is 1.88. The van der Waals surface area contributed by atoms with Crippen molar-refractivity contribution < 1.29 is 14.6 Å². The van der Waals surface area contributed by atoms with Crippen LogP contribution in [0.2, 0.25) is 5.02 Å². The van der Waals surface area contributed by atoms with E-state index in [0.29, 0.717) is 17.3 Å². The highest BCUT2D eigenvalue weighted by atomic mass is 35.5. The lowest BCUT2D eigenvalue weighted by molar-refractivity contribution is -0.132. The summed E-state index contributed by atoms with van der Waals surface area (Å²) in [5.41, 5.74) is 0.984. The third-order valence-corrected chi connectivity index (χ3v) is 3.23. The Labute approximate surface area is 128 Å². The summed E-state index contributed by atoms with van der Waals surface area (Å²) in [6.07, 6.45) is 0. The third-order valence-electron chi connectivity index (χ3n) is 2.98. The Hall–Kier alpha value is -2.20. The van der Waals surface area contributed by atoms with Crippen LogP contribution in [0.25, 0.3) is 0 Å². The van der Waals surface area contributed by atoms with Gasteiger partial charge in [-0.25, -0.2) is 0 Å².